The molecule has 4 rings (SSSR count). The van der Waals surface area contributed by atoms with E-state index in [0.717, 1.165) is 18.4 Å². The second-order valence-corrected chi connectivity index (χ2v) is 9.07. The second kappa shape index (κ2) is 6.98. The van der Waals surface area contributed by atoms with Crippen molar-refractivity contribution in [2.24, 2.45) is 5.92 Å². The molecule has 0 aliphatic carbocycles. The number of benzene rings is 2. The van der Waals surface area contributed by atoms with Crippen molar-refractivity contribution in [2.45, 2.75) is 30.9 Å². The van der Waals surface area contributed by atoms with Crippen LogP contribution in [0.15, 0.2) is 53.4 Å². The highest BCUT2D eigenvalue weighted by atomic mass is 32.2. The van der Waals surface area contributed by atoms with Gasteiger partial charge < -0.3 is 10.1 Å². The zero-order chi connectivity index (χ0) is 19.0. The minimum absolute atomic E-state index is 0.284. The van der Waals surface area contributed by atoms with Crippen LogP contribution < -0.4 is 5.32 Å². The van der Waals surface area contributed by atoms with Gasteiger partial charge in [0.25, 0.3) is 0 Å². The van der Waals surface area contributed by atoms with E-state index in [1.807, 2.05) is 12.1 Å². The number of ether oxygens (including phenoxy) is 1. The van der Waals surface area contributed by atoms with Gasteiger partial charge in [0.15, 0.2) is 0 Å². The van der Waals surface area contributed by atoms with Crippen molar-refractivity contribution in [1.82, 2.24) is 4.31 Å². The Hall–Kier alpha value is -2.38. The van der Waals surface area contributed by atoms with Gasteiger partial charge in [-0.1, -0.05) is 25.1 Å². The SMILES string of the molecule is CC1CCN(S(=O)(=O)c2ccc(NC3OC(=O)c4ccccc43)cc2)CC1. The first-order chi connectivity index (χ1) is 12.9. The number of nitrogens with one attached hydrogen (secondary N) is 1. The van der Waals surface area contributed by atoms with Crippen LogP contribution in [-0.4, -0.2) is 31.8 Å². The van der Waals surface area contributed by atoms with E-state index >= 15 is 0 Å². The lowest BCUT2D eigenvalue weighted by molar-refractivity contribution is 0.0437. The Morgan fingerprint density at radius 3 is 2.41 bits per heavy atom. The maximum atomic E-state index is 12.8. The fourth-order valence-corrected chi connectivity index (χ4v) is 4.97. The average Bonchev–Trinajstić information content (AvgIpc) is 2.99. The molecular formula is C20H22N2O4S. The van der Waals surface area contributed by atoms with Gasteiger partial charge in [-0.3, -0.25) is 0 Å². The summed E-state index contributed by atoms with van der Waals surface area (Å²) in [5.41, 5.74) is 2.02. The molecule has 27 heavy (non-hydrogen) atoms. The summed E-state index contributed by atoms with van der Waals surface area (Å²) in [6, 6.07) is 13.8. The maximum absolute atomic E-state index is 12.8. The lowest BCUT2D eigenvalue weighted by Crippen LogP contribution is -2.37. The van der Waals surface area contributed by atoms with Crippen LogP contribution in [-0.2, 0) is 14.8 Å². The quantitative estimate of drug-likeness (QED) is 0.815. The van der Waals surface area contributed by atoms with Crippen LogP contribution in [0.4, 0.5) is 5.69 Å². The Balaban J connectivity index is 1.49. The highest BCUT2D eigenvalue weighted by molar-refractivity contribution is 7.89. The Morgan fingerprint density at radius 1 is 1.04 bits per heavy atom. The van der Waals surface area contributed by atoms with Crippen molar-refractivity contribution in [3.8, 4) is 0 Å². The predicted octanol–water partition coefficient (Wildman–Crippen LogP) is 3.39. The van der Waals surface area contributed by atoms with E-state index in [1.165, 1.54) is 0 Å². The van der Waals surface area contributed by atoms with Crippen molar-refractivity contribution in [2.75, 3.05) is 18.4 Å². The maximum Gasteiger partial charge on any atom is 0.340 e. The van der Waals surface area contributed by atoms with Gasteiger partial charge in [0.2, 0.25) is 16.3 Å². The Morgan fingerprint density at radius 2 is 1.70 bits per heavy atom. The smallest absolute Gasteiger partial charge is 0.340 e. The molecule has 0 aromatic heterocycles. The molecule has 2 aliphatic heterocycles. The monoisotopic (exact) mass is 386 g/mol. The fourth-order valence-electron chi connectivity index (χ4n) is 3.50. The minimum atomic E-state index is -3.47. The third-order valence-corrected chi connectivity index (χ3v) is 7.13. The molecule has 1 unspecified atom stereocenters. The first-order valence-electron chi connectivity index (χ1n) is 9.12. The van der Waals surface area contributed by atoms with Gasteiger partial charge in [0.1, 0.15) is 0 Å². The normalized spacial score (nSPS) is 20.9. The van der Waals surface area contributed by atoms with Crippen LogP contribution in [0.5, 0.6) is 0 Å². The lowest BCUT2D eigenvalue weighted by atomic mass is 10.0. The third kappa shape index (κ3) is 3.44. The van der Waals surface area contributed by atoms with E-state index in [2.05, 4.69) is 12.2 Å². The van der Waals surface area contributed by atoms with Crippen LogP contribution in [0.25, 0.3) is 0 Å². The molecule has 2 aromatic carbocycles. The molecule has 0 radical (unpaired) electrons. The molecule has 0 saturated carbocycles. The van der Waals surface area contributed by atoms with Gasteiger partial charge in [-0.15, -0.1) is 0 Å². The first kappa shape index (κ1) is 18.0. The molecular weight excluding hydrogens is 364 g/mol. The largest absolute Gasteiger partial charge is 0.434 e. The Labute approximate surface area is 159 Å². The summed E-state index contributed by atoms with van der Waals surface area (Å²) < 4.78 is 32.5. The van der Waals surface area contributed by atoms with Crippen LogP contribution >= 0.6 is 0 Å². The number of hydrogen-bond acceptors (Lipinski definition) is 5. The topological polar surface area (TPSA) is 75.7 Å². The van der Waals surface area contributed by atoms with E-state index < -0.39 is 16.3 Å². The fraction of sp³-hybridized carbons (Fsp3) is 0.350. The lowest BCUT2D eigenvalue weighted by Gasteiger charge is -2.29. The van der Waals surface area contributed by atoms with E-state index in [-0.39, 0.29) is 10.9 Å². The van der Waals surface area contributed by atoms with E-state index in [9.17, 15) is 13.2 Å². The predicted molar refractivity (Wildman–Crippen MR) is 102 cm³/mol. The number of fused-ring (bicyclic) bond motifs is 1. The molecule has 142 valence electrons. The second-order valence-electron chi connectivity index (χ2n) is 7.13. The summed E-state index contributed by atoms with van der Waals surface area (Å²) in [5, 5.41) is 3.14. The first-order valence-corrected chi connectivity index (χ1v) is 10.6. The van der Waals surface area contributed by atoms with Crippen LogP contribution in [0.2, 0.25) is 0 Å². The number of carbonyl (C=O) groups is 1. The number of esters is 1. The molecule has 1 fully saturated rings. The number of sulfonamides is 1. The van der Waals surface area contributed by atoms with Crippen molar-refractivity contribution in [1.29, 1.82) is 0 Å². The van der Waals surface area contributed by atoms with E-state index in [1.54, 1.807) is 40.7 Å². The van der Waals surface area contributed by atoms with Gasteiger partial charge >= 0.3 is 5.97 Å². The molecule has 0 spiro atoms. The molecule has 2 aliphatic rings. The molecule has 2 heterocycles. The standard InChI is InChI=1S/C20H22N2O4S/c1-14-10-12-22(13-11-14)27(24,25)16-8-6-15(7-9-16)21-19-17-4-2-3-5-18(17)20(23)26-19/h2-9,14,19,21H,10-13H2,1H3. The van der Waals surface area contributed by atoms with Crippen molar-refractivity contribution in [3.63, 3.8) is 0 Å². The number of nitrogens with zero attached hydrogens (tertiary/aromatic N) is 1. The number of carbonyl (C=O) groups excluding carboxylic acids is 1. The number of hydrogen-bond donors (Lipinski definition) is 1. The molecule has 6 nitrogen and oxygen atoms in total. The summed E-state index contributed by atoms with van der Waals surface area (Å²) in [6.45, 7) is 3.29. The third-order valence-electron chi connectivity index (χ3n) is 5.22. The van der Waals surface area contributed by atoms with Gasteiger partial charge in [0, 0.05) is 24.3 Å². The number of anilines is 1. The van der Waals surface area contributed by atoms with Crippen molar-refractivity contribution < 1.29 is 17.9 Å². The van der Waals surface area contributed by atoms with Crippen LogP contribution in [0.1, 0.15) is 41.9 Å². The summed E-state index contributed by atoms with van der Waals surface area (Å²) in [4.78, 5) is 12.2. The summed E-state index contributed by atoms with van der Waals surface area (Å²) in [6.07, 6.45) is 1.22. The highest BCUT2D eigenvalue weighted by Crippen LogP contribution is 2.32. The number of piperidine rings is 1. The Bertz CT molecular complexity index is 948. The molecule has 0 amide bonds. The zero-order valence-electron chi connectivity index (χ0n) is 15.1. The molecule has 1 N–H and O–H groups in total. The van der Waals surface area contributed by atoms with E-state index in [0.29, 0.717) is 30.3 Å². The molecule has 1 saturated heterocycles. The molecule has 1 atom stereocenters. The Kier molecular flexibility index (Phi) is 4.65. The van der Waals surface area contributed by atoms with Gasteiger partial charge in [-0.2, -0.15) is 4.31 Å². The average molecular weight is 386 g/mol. The molecule has 7 heteroatoms. The van der Waals surface area contributed by atoms with E-state index in [4.69, 9.17) is 4.74 Å². The minimum Gasteiger partial charge on any atom is -0.434 e. The van der Waals surface area contributed by atoms with Crippen molar-refractivity contribution in [3.05, 3.63) is 59.7 Å². The summed E-state index contributed by atoms with van der Waals surface area (Å²) in [7, 11) is -3.47. The highest BCUT2D eigenvalue weighted by Gasteiger charge is 2.31. The van der Waals surface area contributed by atoms with Gasteiger partial charge in [-0.25, -0.2) is 13.2 Å². The summed E-state index contributed by atoms with van der Waals surface area (Å²) >= 11 is 0. The van der Waals surface area contributed by atoms with Crippen LogP contribution in [0, 0.1) is 5.92 Å². The number of rotatable bonds is 4. The van der Waals surface area contributed by atoms with Gasteiger partial charge in [-0.05, 0) is 49.1 Å². The summed E-state index contributed by atoms with van der Waals surface area (Å²) in [5.74, 6) is 0.210. The van der Waals surface area contributed by atoms with Gasteiger partial charge in [0.05, 0.1) is 10.5 Å². The zero-order valence-corrected chi connectivity index (χ0v) is 15.9. The molecule has 0 bridgehead atoms. The van der Waals surface area contributed by atoms with Crippen molar-refractivity contribution >= 4 is 21.7 Å². The number of cyclic esters (lactones) is 1. The molecule has 2 aromatic rings. The van der Waals surface area contributed by atoms with Crippen LogP contribution in [0.3, 0.4) is 0 Å².